The van der Waals surface area contributed by atoms with E-state index in [1.165, 1.54) is 0 Å². The topological polar surface area (TPSA) is 58.0 Å². The zero-order valence-electron chi connectivity index (χ0n) is 12.8. The van der Waals surface area contributed by atoms with E-state index in [2.05, 4.69) is 46.4 Å². The SMILES string of the molecule is C[Si](C)(C)C#Cc1cnc(Cl)nc1NC1CCC(O)CC1. The van der Waals surface area contributed by atoms with Crippen LogP contribution in [0, 0.1) is 11.5 Å². The van der Waals surface area contributed by atoms with Crippen molar-refractivity contribution in [2.24, 2.45) is 0 Å². The average Bonchev–Trinajstić information content (AvgIpc) is 2.39. The number of aromatic nitrogens is 2. The van der Waals surface area contributed by atoms with Crippen molar-refractivity contribution in [1.29, 1.82) is 0 Å². The lowest BCUT2D eigenvalue weighted by Gasteiger charge is -2.26. The molecule has 0 unspecified atom stereocenters. The van der Waals surface area contributed by atoms with Crippen LogP contribution in [0.4, 0.5) is 5.82 Å². The lowest BCUT2D eigenvalue weighted by Crippen LogP contribution is -2.29. The maximum absolute atomic E-state index is 9.57. The minimum Gasteiger partial charge on any atom is -0.393 e. The molecule has 1 aliphatic rings. The van der Waals surface area contributed by atoms with Gasteiger partial charge in [0.05, 0.1) is 11.7 Å². The van der Waals surface area contributed by atoms with Gasteiger partial charge >= 0.3 is 0 Å². The van der Waals surface area contributed by atoms with Gasteiger partial charge in [-0.25, -0.2) is 4.98 Å². The van der Waals surface area contributed by atoms with Crippen LogP contribution in [0.2, 0.25) is 24.9 Å². The highest BCUT2D eigenvalue weighted by atomic mass is 35.5. The molecule has 0 radical (unpaired) electrons. The van der Waals surface area contributed by atoms with Gasteiger partial charge in [-0.3, -0.25) is 0 Å². The van der Waals surface area contributed by atoms with Gasteiger partial charge in [0, 0.05) is 12.2 Å². The van der Waals surface area contributed by atoms with Crippen LogP contribution in [0.3, 0.4) is 0 Å². The Balaban J connectivity index is 2.17. The van der Waals surface area contributed by atoms with E-state index in [-0.39, 0.29) is 11.4 Å². The Hall–Kier alpha value is -1.09. The number of nitrogens with one attached hydrogen (secondary N) is 1. The quantitative estimate of drug-likeness (QED) is 0.499. The summed E-state index contributed by atoms with van der Waals surface area (Å²) in [4.78, 5) is 8.31. The third-order valence-electron chi connectivity index (χ3n) is 3.37. The van der Waals surface area contributed by atoms with Crippen LogP contribution in [0.5, 0.6) is 0 Å². The second-order valence-corrected chi connectivity index (χ2v) is 11.6. The van der Waals surface area contributed by atoms with E-state index < -0.39 is 8.07 Å². The van der Waals surface area contributed by atoms with Crippen LogP contribution >= 0.6 is 11.6 Å². The molecule has 0 spiro atoms. The molecule has 0 amide bonds. The molecule has 1 saturated carbocycles. The van der Waals surface area contributed by atoms with E-state index in [9.17, 15) is 5.11 Å². The largest absolute Gasteiger partial charge is 0.393 e. The number of aliphatic hydroxyl groups excluding tert-OH is 1. The van der Waals surface area contributed by atoms with Crippen LogP contribution in [0.25, 0.3) is 0 Å². The molecule has 1 heterocycles. The first-order valence-corrected chi connectivity index (χ1v) is 11.2. The fourth-order valence-corrected chi connectivity index (χ4v) is 2.87. The summed E-state index contributed by atoms with van der Waals surface area (Å²) < 4.78 is 0. The van der Waals surface area contributed by atoms with Crippen LogP contribution < -0.4 is 5.32 Å². The number of nitrogens with zero attached hydrogens (tertiary/aromatic N) is 2. The fourth-order valence-electron chi connectivity index (χ4n) is 2.23. The molecule has 114 valence electrons. The summed E-state index contributed by atoms with van der Waals surface area (Å²) in [6, 6.07) is 0.312. The van der Waals surface area contributed by atoms with Crippen molar-refractivity contribution < 1.29 is 5.11 Å². The van der Waals surface area contributed by atoms with Crippen molar-refractivity contribution in [3.8, 4) is 11.5 Å². The molecule has 2 rings (SSSR count). The molecular formula is C15H22ClN3OSi. The Bertz CT molecular complexity index is 554. The Morgan fingerprint density at radius 3 is 2.57 bits per heavy atom. The number of hydrogen-bond acceptors (Lipinski definition) is 4. The number of aliphatic hydroxyl groups is 1. The molecule has 1 aliphatic carbocycles. The predicted octanol–water partition coefficient (Wildman–Crippen LogP) is 3.07. The van der Waals surface area contributed by atoms with Crippen molar-refractivity contribution in [1.82, 2.24) is 9.97 Å². The van der Waals surface area contributed by atoms with Gasteiger partial charge in [-0.05, 0) is 37.3 Å². The van der Waals surface area contributed by atoms with Crippen molar-refractivity contribution in [3.63, 3.8) is 0 Å². The third kappa shape index (κ3) is 5.31. The van der Waals surface area contributed by atoms with Crippen molar-refractivity contribution in [2.45, 2.75) is 57.5 Å². The highest BCUT2D eigenvalue weighted by molar-refractivity contribution is 6.83. The fraction of sp³-hybridized carbons (Fsp3) is 0.600. The van der Waals surface area contributed by atoms with Gasteiger partial charge in [-0.2, -0.15) is 4.98 Å². The minimum atomic E-state index is -1.45. The Kier molecular flexibility index (Phi) is 5.25. The lowest BCUT2D eigenvalue weighted by molar-refractivity contribution is 0.126. The molecule has 0 saturated heterocycles. The summed E-state index contributed by atoms with van der Waals surface area (Å²) in [5.74, 6) is 3.91. The molecule has 4 nitrogen and oxygen atoms in total. The summed E-state index contributed by atoms with van der Waals surface area (Å²) >= 11 is 5.91. The van der Waals surface area contributed by atoms with Crippen LogP contribution in [-0.4, -0.2) is 35.3 Å². The van der Waals surface area contributed by atoms with Gasteiger partial charge < -0.3 is 10.4 Å². The molecule has 0 aliphatic heterocycles. The molecule has 1 fully saturated rings. The third-order valence-corrected chi connectivity index (χ3v) is 4.43. The monoisotopic (exact) mass is 323 g/mol. The molecule has 6 heteroatoms. The number of halogens is 1. The van der Waals surface area contributed by atoms with Gasteiger partial charge in [0.2, 0.25) is 5.28 Å². The summed E-state index contributed by atoms with van der Waals surface area (Å²) in [5.41, 5.74) is 4.13. The standard InChI is InChI=1S/C15H22ClN3OSi/c1-21(2,3)9-8-11-10-17-15(16)19-14(11)18-12-4-6-13(20)7-5-12/h10,12-13,20H,4-7H2,1-3H3,(H,17,18,19). The second-order valence-electron chi connectivity index (χ2n) is 6.55. The minimum absolute atomic E-state index is 0.164. The maximum atomic E-state index is 9.57. The van der Waals surface area contributed by atoms with Crippen LogP contribution in [0.15, 0.2) is 6.20 Å². The van der Waals surface area contributed by atoms with Crippen LogP contribution in [-0.2, 0) is 0 Å². The Labute approximate surface area is 132 Å². The van der Waals surface area contributed by atoms with E-state index in [0.29, 0.717) is 11.9 Å². The normalized spacial score (nSPS) is 22.3. The van der Waals surface area contributed by atoms with Crippen LogP contribution in [0.1, 0.15) is 31.2 Å². The average molecular weight is 324 g/mol. The van der Waals surface area contributed by atoms with E-state index in [1.54, 1.807) is 6.20 Å². The summed E-state index contributed by atoms with van der Waals surface area (Å²) in [7, 11) is -1.45. The summed E-state index contributed by atoms with van der Waals surface area (Å²) in [5, 5.41) is 13.2. The molecule has 0 bridgehead atoms. The van der Waals surface area contributed by atoms with Gasteiger partial charge in [0.15, 0.2) is 0 Å². The lowest BCUT2D eigenvalue weighted by atomic mass is 9.93. The van der Waals surface area contributed by atoms with Gasteiger partial charge in [0.1, 0.15) is 13.9 Å². The Morgan fingerprint density at radius 1 is 1.29 bits per heavy atom. The van der Waals surface area contributed by atoms with E-state index in [1.807, 2.05) is 0 Å². The molecule has 1 aromatic rings. The molecule has 21 heavy (non-hydrogen) atoms. The zero-order valence-corrected chi connectivity index (χ0v) is 14.5. The van der Waals surface area contributed by atoms with E-state index >= 15 is 0 Å². The maximum Gasteiger partial charge on any atom is 0.224 e. The van der Waals surface area contributed by atoms with Crippen molar-refractivity contribution in [3.05, 3.63) is 17.0 Å². The molecule has 2 N–H and O–H groups in total. The number of rotatable bonds is 2. The van der Waals surface area contributed by atoms with Crippen molar-refractivity contribution in [2.75, 3.05) is 5.32 Å². The molecule has 0 atom stereocenters. The second kappa shape index (κ2) is 6.78. The first-order valence-electron chi connectivity index (χ1n) is 7.34. The summed E-state index contributed by atoms with van der Waals surface area (Å²) in [6.07, 6.45) is 5.04. The van der Waals surface area contributed by atoms with Gasteiger partial charge in [-0.1, -0.05) is 25.6 Å². The molecule has 1 aromatic heterocycles. The van der Waals surface area contributed by atoms with E-state index in [4.69, 9.17) is 11.6 Å². The molecular weight excluding hydrogens is 302 g/mol. The highest BCUT2D eigenvalue weighted by Gasteiger charge is 2.20. The first-order chi connectivity index (χ1) is 9.83. The van der Waals surface area contributed by atoms with Gasteiger partial charge in [-0.15, -0.1) is 5.54 Å². The van der Waals surface area contributed by atoms with Gasteiger partial charge in [0.25, 0.3) is 0 Å². The zero-order chi connectivity index (χ0) is 15.5. The number of hydrogen-bond donors (Lipinski definition) is 2. The van der Waals surface area contributed by atoms with E-state index in [0.717, 1.165) is 31.2 Å². The predicted molar refractivity (Wildman–Crippen MR) is 89.2 cm³/mol. The summed E-state index contributed by atoms with van der Waals surface area (Å²) in [6.45, 7) is 6.60. The molecule has 0 aromatic carbocycles. The Morgan fingerprint density at radius 2 is 1.95 bits per heavy atom. The van der Waals surface area contributed by atoms with Crippen molar-refractivity contribution >= 4 is 25.5 Å². The first kappa shape index (κ1) is 16.3. The highest BCUT2D eigenvalue weighted by Crippen LogP contribution is 2.23. The smallest absolute Gasteiger partial charge is 0.224 e. The number of anilines is 1.